The maximum Gasteiger partial charge on any atom is 0.194 e. The van der Waals surface area contributed by atoms with Crippen LogP contribution in [0.15, 0.2) is 36.4 Å². The average molecular weight is 348 g/mol. The standard InChI is InChI=1S/C22H24N2O2/c1-23(2)15-3-5-17-18-6-4-16(12-20(18)22(25)19(17)11-15)26-21-13-24-9-7-14(21)8-10-24/h3-6,11-12,14,21H,7-10,13H2,1-2H3/t21-/m1/s1. The Morgan fingerprint density at radius 2 is 1.65 bits per heavy atom. The summed E-state index contributed by atoms with van der Waals surface area (Å²) in [5.74, 6) is 1.60. The van der Waals surface area contributed by atoms with Crippen LogP contribution < -0.4 is 9.64 Å². The molecule has 0 saturated carbocycles. The predicted molar refractivity (Wildman–Crippen MR) is 103 cm³/mol. The van der Waals surface area contributed by atoms with E-state index in [1.165, 1.54) is 25.9 Å². The molecule has 0 unspecified atom stereocenters. The fourth-order valence-electron chi connectivity index (χ4n) is 4.62. The average Bonchev–Trinajstić information content (AvgIpc) is 2.94. The third kappa shape index (κ3) is 2.43. The fourth-order valence-corrected chi connectivity index (χ4v) is 4.62. The Bertz CT molecular complexity index is 882. The van der Waals surface area contributed by atoms with E-state index in [2.05, 4.69) is 17.0 Å². The molecule has 0 amide bonds. The van der Waals surface area contributed by atoms with E-state index < -0.39 is 0 Å². The van der Waals surface area contributed by atoms with Crippen molar-refractivity contribution >= 4 is 11.5 Å². The van der Waals surface area contributed by atoms with Gasteiger partial charge in [0.05, 0.1) is 0 Å². The number of hydrogen-bond acceptors (Lipinski definition) is 4. The molecule has 3 aliphatic heterocycles. The van der Waals surface area contributed by atoms with Crippen LogP contribution in [0.25, 0.3) is 11.1 Å². The van der Waals surface area contributed by atoms with Gasteiger partial charge in [0.25, 0.3) is 0 Å². The van der Waals surface area contributed by atoms with Gasteiger partial charge in [-0.1, -0.05) is 6.07 Å². The van der Waals surface area contributed by atoms with Crippen LogP contribution in [-0.4, -0.2) is 50.5 Å². The van der Waals surface area contributed by atoms with Crippen LogP contribution in [0.2, 0.25) is 0 Å². The van der Waals surface area contributed by atoms with Crippen molar-refractivity contribution in [3.05, 3.63) is 47.5 Å². The van der Waals surface area contributed by atoms with Crippen LogP contribution in [-0.2, 0) is 0 Å². The molecule has 4 nitrogen and oxygen atoms in total. The summed E-state index contributed by atoms with van der Waals surface area (Å²) in [6.45, 7) is 3.43. The number of piperidine rings is 3. The van der Waals surface area contributed by atoms with E-state index in [0.717, 1.165) is 40.2 Å². The van der Waals surface area contributed by atoms with Gasteiger partial charge in [-0.2, -0.15) is 0 Å². The molecule has 3 fully saturated rings. The number of ketones is 1. The summed E-state index contributed by atoms with van der Waals surface area (Å²) in [5, 5.41) is 0. The lowest BCUT2D eigenvalue weighted by Crippen LogP contribution is -2.52. The molecule has 1 aliphatic carbocycles. The van der Waals surface area contributed by atoms with E-state index >= 15 is 0 Å². The van der Waals surface area contributed by atoms with Crippen molar-refractivity contribution in [3.8, 4) is 16.9 Å². The lowest BCUT2D eigenvalue weighted by molar-refractivity contribution is -0.00777. The number of rotatable bonds is 3. The molecule has 3 saturated heterocycles. The third-order valence-corrected chi connectivity index (χ3v) is 6.17. The lowest BCUT2D eigenvalue weighted by atomic mass is 9.86. The van der Waals surface area contributed by atoms with Crippen molar-refractivity contribution in [2.45, 2.75) is 18.9 Å². The van der Waals surface area contributed by atoms with Crippen LogP contribution in [0, 0.1) is 5.92 Å². The van der Waals surface area contributed by atoms with E-state index in [4.69, 9.17) is 4.74 Å². The minimum absolute atomic E-state index is 0.109. The van der Waals surface area contributed by atoms with Crippen LogP contribution >= 0.6 is 0 Å². The number of carbonyl (C=O) groups is 1. The van der Waals surface area contributed by atoms with Gasteiger partial charge >= 0.3 is 0 Å². The van der Waals surface area contributed by atoms with Gasteiger partial charge in [-0.25, -0.2) is 0 Å². The Morgan fingerprint density at radius 1 is 0.962 bits per heavy atom. The second-order valence-corrected chi connectivity index (χ2v) is 7.96. The second-order valence-electron chi connectivity index (χ2n) is 7.96. The Morgan fingerprint density at radius 3 is 2.31 bits per heavy atom. The number of carbonyl (C=O) groups excluding carboxylic acids is 1. The molecule has 0 N–H and O–H groups in total. The summed E-state index contributed by atoms with van der Waals surface area (Å²) < 4.78 is 6.32. The molecule has 4 aliphatic rings. The molecule has 2 aromatic rings. The quantitative estimate of drug-likeness (QED) is 0.726. The Kier molecular flexibility index (Phi) is 3.57. The van der Waals surface area contributed by atoms with Crippen LogP contribution in [0.5, 0.6) is 5.75 Å². The summed E-state index contributed by atoms with van der Waals surface area (Å²) >= 11 is 0. The van der Waals surface area contributed by atoms with Gasteiger partial charge in [0, 0.05) is 37.5 Å². The highest BCUT2D eigenvalue weighted by atomic mass is 16.5. The molecule has 134 valence electrons. The first-order chi connectivity index (χ1) is 12.6. The van der Waals surface area contributed by atoms with Gasteiger partial charge < -0.3 is 9.64 Å². The van der Waals surface area contributed by atoms with Crippen LogP contribution in [0.3, 0.4) is 0 Å². The topological polar surface area (TPSA) is 32.8 Å². The maximum atomic E-state index is 13.0. The molecule has 3 heterocycles. The van der Waals surface area contributed by atoms with Crippen LogP contribution in [0.4, 0.5) is 5.69 Å². The van der Waals surface area contributed by atoms with E-state index in [0.29, 0.717) is 5.92 Å². The summed E-state index contributed by atoms with van der Waals surface area (Å²) in [7, 11) is 3.99. The second kappa shape index (κ2) is 5.85. The molecule has 4 heteroatoms. The molecule has 2 aromatic carbocycles. The van der Waals surface area contributed by atoms with Crippen molar-refractivity contribution in [2.24, 2.45) is 5.92 Å². The number of fused-ring (bicyclic) bond motifs is 6. The first kappa shape index (κ1) is 15.9. The normalized spacial score (nSPS) is 25.8. The third-order valence-electron chi connectivity index (χ3n) is 6.17. The highest BCUT2D eigenvalue weighted by molar-refractivity contribution is 6.22. The molecule has 0 radical (unpaired) electrons. The number of anilines is 1. The Hall–Kier alpha value is -2.33. The van der Waals surface area contributed by atoms with E-state index in [-0.39, 0.29) is 11.9 Å². The summed E-state index contributed by atoms with van der Waals surface area (Å²) in [5.41, 5.74) is 4.68. The van der Waals surface area contributed by atoms with Gasteiger partial charge in [0.2, 0.25) is 0 Å². The van der Waals surface area contributed by atoms with Gasteiger partial charge in [-0.3, -0.25) is 9.69 Å². The highest BCUT2D eigenvalue weighted by Gasteiger charge is 2.36. The molecule has 26 heavy (non-hydrogen) atoms. The summed E-state index contributed by atoms with van der Waals surface area (Å²) in [4.78, 5) is 17.5. The predicted octanol–water partition coefficient (Wildman–Crippen LogP) is 3.44. The lowest BCUT2D eigenvalue weighted by Gasteiger charge is -2.44. The number of ether oxygens (including phenoxy) is 1. The zero-order valence-corrected chi connectivity index (χ0v) is 15.4. The fraction of sp³-hybridized carbons (Fsp3) is 0.409. The minimum atomic E-state index is 0.109. The van der Waals surface area contributed by atoms with E-state index in [1.54, 1.807) is 0 Å². The molecular weight excluding hydrogens is 324 g/mol. The summed E-state index contributed by atoms with van der Waals surface area (Å²) in [6, 6.07) is 12.1. The highest BCUT2D eigenvalue weighted by Crippen LogP contribution is 2.40. The van der Waals surface area contributed by atoms with Gasteiger partial charge in [0.1, 0.15) is 11.9 Å². The summed E-state index contributed by atoms with van der Waals surface area (Å²) in [6.07, 6.45) is 2.72. The van der Waals surface area contributed by atoms with Crippen molar-refractivity contribution in [2.75, 3.05) is 38.6 Å². The van der Waals surface area contributed by atoms with E-state index in [1.807, 2.05) is 43.3 Å². The number of hydrogen-bond donors (Lipinski definition) is 0. The molecule has 2 bridgehead atoms. The number of benzene rings is 2. The zero-order valence-electron chi connectivity index (χ0n) is 15.4. The van der Waals surface area contributed by atoms with Crippen molar-refractivity contribution in [3.63, 3.8) is 0 Å². The van der Waals surface area contributed by atoms with Crippen molar-refractivity contribution in [1.82, 2.24) is 4.90 Å². The smallest absolute Gasteiger partial charge is 0.194 e. The van der Waals surface area contributed by atoms with Crippen molar-refractivity contribution in [1.29, 1.82) is 0 Å². The van der Waals surface area contributed by atoms with Gasteiger partial charge in [-0.15, -0.1) is 0 Å². The monoisotopic (exact) mass is 348 g/mol. The maximum absolute atomic E-state index is 13.0. The number of nitrogens with zero attached hydrogens (tertiary/aromatic N) is 2. The molecule has 0 aromatic heterocycles. The van der Waals surface area contributed by atoms with E-state index in [9.17, 15) is 4.79 Å². The zero-order chi connectivity index (χ0) is 17.8. The molecule has 1 atom stereocenters. The first-order valence-electron chi connectivity index (χ1n) is 9.49. The minimum Gasteiger partial charge on any atom is -0.489 e. The van der Waals surface area contributed by atoms with Gasteiger partial charge in [0.15, 0.2) is 5.78 Å². The molecule has 6 rings (SSSR count). The molecule has 0 spiro atoms. The van der Waals surface area contributed by atoms with Crippen LogP contribution in [0.1, 0.15) is 28.8 Å². The SMILES string of the molecule is CN(C)c1ccc2c(c1)C(=O)c1cc(O[C@@H]3CN4CCC3CC4)ccc1-2. The molecular formula is C22H24N2O2. The Balaban J connectivity index is 1.44. The first-order valence-corrected chi connectivity index (χ1v) is 9.49. The van der Waals surface area contributed by atoms with Gasteiger partial charge in [-0.05, 0) is 73.3 Å². The Labute approximate surface area is 154 Å². The van der Waals surface area contributed by atoms with Crippen molar-refractivity contribution < 1.29 is 9.53 Å². The largest absolute Gasteiger partial charge is 0.489 e.